The largest absolute Gasteiger partial charge is 0.340 e. The Balaban J connectivity index is 1.76. The van der Waals surface area contributed by atoms with Crippen LogP contribution < -0.4 is 10.6 Å². The summed E-state index contributed by atoms with van der Waals surface area (Å²) in [5.74, 6) is -0.975. The quantitative estimate of drug-likeness (QED) is 0.810. The molecule has 1 fully saturated rings. The number of fused-ring (bicyclic) bond motifs is 2. The second-order valence-electron chi connectivity index (χ2n) is 7.12. The molecule has 0 radical (unpaired) electrons. The number of rotatable bonds is 2. The van der Waals surface area contributed by atoms with E-state index in [1.54, 1.807) is 0 Å². The summed E-state index contributed by atoms with van der Waals surface area (Å²) >= 11 is 0. The van der Waals surface area contributed by atoms with Gasteiger partial charge in [0.05, 0.1) is 11.1 Å². The lowest BCUT2D eigenvalue weighted by molar-refractivity contribution is -0.134. The molecule has 2 aromatic rings. The lowest BCUT2D eigenvalue weighted by Gasteiger charge is -2.24. The Bertz CT molecular complexity index is 936. The van der Waals surface area contributed by atoms with Crippen molar-refractivity contribution >= 4 is 28.6 Å². The Kier molecular flexibility index (Phi) is 4.18. The summed E-state index contributed by atoms with van der Waals surface area (Å²) in [6.45, 7) is 1.99. The average molecular weight is 351 g/mol. The summed E-state index contributed by atoms with van der Waals surface area (Å²) in [5, 5.41) is 5.96. The van der Waals surface area contributed by atoms with Crippen LogP contribution in [0.4, 0.5) is 0 Å². The van der Waals surface area contributed by atoms with Crippen LogP contribution in [0.25, 0.3) is 10.9 Å². The molecule has 134 valence electrons. The number of hydrogen-bond donors (Lipinski definition) is 2. The fraction of sp³-hybridized carbons (Fsp3) is 0.400. The van der Waals surface area contributed by atoms with E-state index in [9.17, 15) is 14.4 Å². The molecule has 3 amide bonds. The standard InChI is InChI=1S/C20H21N3O3/c1-11-6-7-15-13(10-11)18(12-4-2-3-5-14(12)21-15)20(26)22-16-8-9-17(24)23-19(16)25/h6-7,10,16H,2-5,8-9H2,1H3,(H,22,26)(H,23,24,25). The van der Waals surface area contributed by atoms with Gasteiger partial charge in [-0.25, -0.2) is 0 Å². The van der Waals surface area contributed by atoms with Gasteiger partial charge in [0, 0.05) is 17.5 Å². The number of carbonyl (C=O) groups is 3. The van der Waals surface area contributed by atoms with Crippen molar-refractivity contribution in [1.82, 2.24) is 15.6 Å². The van der Waals surface area contributed by atoms with E-state index in [-0.39, 0.29) is 18.2 Å². The molecular weight excluding hydrogens is 330 g/mol. The summed E-state index contributed by atoms with van der Waals surface area (Å²) in [7, 11) is 0. The van der Waals surface area contributed by atoms with E-state index in [0.29, 0.717) is 12.0 Å². The third kappa shape index (κ3) is 2.96. The highest BCUT2D eigenvalue weighted by Crippen LogP contribution is 2.30. The number of amides is 3. The maximum absolute atomic E-state index is 13.1. The fourth-order valence-electron chi connectivity index (χ4n) is 3.86. The van der Waals surface area contributed by atoms with Crippen LogP contribution in [0.1, 0.15) is 52.9 Å². The Morgan fingerprint density at radius 1 is 1.19 bits per heavy atom. The molecule has 1 aliphatic heterocycles. The van der Waals surface area contributed by atoms with E-state index in [2.05, 4.69) is 10.6 Å². The van der Waals surface area contributed by atoms with Crippen LogP contribution in [0.5, 0.6) is 0 Å². The summed E-state index contributed by atoms with van der Waals surface area (Å²) in [4.78, 5) is 41.2. The van der Waals surface area contributed by atoms with Gasteiger partial charge in [-0.3, -0.25) is 24.7 Å². The highest BCUT2D eigenvalue weighted by atomic mass is 16.2. The van der Waals surface area contributed by atoms with E-state index in [1.165, 1.54) is 0 Å². The van der Waals surface area contributed by atoms with Crippen molar-refractivity contribution in [3.05, 3.63) is 40.6 Å². The summed E-state index contributed by atoms with van der Waals surface area (Å²) in [5.41, 5.74) is 4.49. The molecule has 0 spiro atoms. The number of imide groups is 1. The molecule has 1 atom stereocenters. The zero-order valence-corrected chi connectivity index (χ0v) is 14.7. The molecular formula is C20H21N3O3. The number of benzene rings is 1. The second-order valence-corrected chi connectivity index (χ2v) is 7.12. The lowest BCUT2D eigenvalue weighted by Crippen LogP contribution is -2.52. The van der Waals surface area contributed by atoms with Crippen molar-refractivity contribution in [2.24, 2.45) is 0 Å². The van der Waals surface area contributed by atoms with Gasteiger partial charge in [0.2, 0.25) is 11.8 Å². The van der Waals surface area contributed by atoms with Crippen molar-refractivity contribution < 1.29 is 14.4 Å². The predicted molar refractivity (Wildman–Crippen MR) is 96.8 cm³/mol. The first kappa shape index (κ1) is 16.7. The van der Waals surface area contributed by atoms with Gasteiger partial charge in [-0.1, -0.05) is 11.6 Å². The molecule has 2 N–H and O–H groups in total. The zero-order chi connectivity index (χ0) is 18.3. The Morgan fingerprint density at radius 2 is 2.00 bits per heavy atom. The van der Waals surface area contributed by atoms with Crippen LogP contribution in [-0.2, 0) is 22.4 Å². The minimum absolute atomic E-state index is 0.241. The topological polar surface area (TPSA) is 88.2 Å². The molecule has 4 rings (SSSR count). The maximum atomic E-state index is 13.1. The fourth-order valence-corrected chi connectivity index (χ4v) is 3.86. The Morgan fingerprint density at radius 3 is 2.81 bits per heavy atom. The summed E-state index contributed by atoms with van der Waals surface area (Å²) < 4.78 is 0. The van der Waals surface area contributed by atoms with Crippen LogP contribution >= 0.6 is 0 Å². The molecule has 1 aromatic heterocycles. The maximum Gasteiger partial charge on any atom is 0.252 e. The van der Waals surface area contributed by atoms with Crippen LogP contribution in [0.3, 0.4) is 0 Å². The summed E-state index contributed by atoms with van der Waals surface area (Å²) in [6.07, 6.45) is 4.38. The van der Waals surface area contributed by atoms with Gasteiger partial charge in [0.25, 0.3) is 5.91 Å². The normalized spacial score (nSPS) is 19.8. The van der Waals surface area contributed by atoms with Gasteiger partial charge in [-0.15, -0.1) is 0 Å². The lowest BCUT2D eigenvalue weighted by atomic mass is 9.89. The van der Waals surface area contributed by atoms with E-state index < -0.39 is 11.9 Å². The van der Waals surface area contributed by atoms with Gasteiger partial charge in [0.15, 0.2) is 0 Å². The highest BCUT2D eigenvalue weighted by molar-refractivity contribution is 6.10. The molecule has 26 heavy (non-hydrogen) atoms. The number of carbonyl (C=O) groups excluding carboxylic acids is 3. The molecule has 1 aliphatic carbocycles. The SMILES string of the molecule is Cc1ccc2nc3c(c(C(=O)NC4CCC(=O)NC4=O)c2c1)CCCC3. The van der Waals surface area contributed by atoms with Crippen LogP contribution in [-0.4, -0.2) is 28.7 Å². The van der Waals surface area contributed by atoms with E-state index in [0.717, 1.165) is 53.4 Å². The minimum Gasteiger partial charge on any atom is -0.340 e. The minimum atomic E-state index is -0.674. The van der Waals surface area contributed by atoms with Gasteiger partial charge in [-0.05, 0) is 56.7 Å². The molecule has 2 heterocycles. The number of aryl methyl sites for hydroxylation is 2. The van der Waals surface area contributed by atoms with E-state index >= 15 is 0 Å². The smallest absolute Gasteiger partial charge is 0.252 e. The van der Waals surface area contributed by atoms with Gasteiger partial charge < -0.3 is 5.32 Å². The summed E-state index contributed by atoms with van der Waals surface area (Å²) in [6, 6.07) is 5.25. The number of piperidine rings is 1. The molecule has 1 saturated heterocycles. The number of nitrogens with zero attached hydrogens (tertiary/aromatic N) is 1. The van der Waals surface area contributed by atoms with Crippen molar-refractivity contribution in [3.63, 3.8) is 0 Å². The molecule has 2 aliphatic rings. The number of hydrogen-bond acceptors (Lipinski definition) is 4. The first-order chi connectivity index (χ1) is 12.5. The van der Waals surface area contributed by atoms with Gasteiger partial charge in [-0.2, -0.15) is 0 Å². The average Bonchev–Trinajstić information content (AvgIpc) is 2.62. The predicted octanol–water partition coefficient (Wildman–Crippen LogP) is 1.96. The van der Waals surface area contributed by atoms with Gasteiger partial charge in [0.1, 0.15) is 6.04 Å². The van der Waals surface area contributed by atoms with Gasteiger partial charge >= 0.3 is 0 Å². The number of nitrogens with one attached hydrogen (secondary N) is 2. The molecule has 6 heteroatoms. The first-order valence-electron chi connectivity index (χ1n) is 9.09. The third-order valence-electron chi connectivity index (χ3n) is 5.19. The molecule has 6 nitrogen and oxygen atoms in total. The molecule has 1 unspecified atom stereocenters. The molecule has 1 aromatic carbocycles. The van der Waals surface area contributed by atoms with Crippen molar-refractivity contribution in [2.75, 3.05) is 0 Å². The van der Waals surface area contributed by atoms with Crippen LogP contribution in [0, 0.1) is 6.92 Å². The zero-order valence-electron chi connectivity index (χ0n) is 14.7. The van der Waals surface area contributed by atoms with E-state index in [1.807, 2.05) is 25.1 Å². The molecule has 0 bridgehead atoms. The van der Waals surface area contributed by atoms with Crippen molar-refractivity contribution in [2.45, 2.75) is 51.5 Å². The highest BCUT2D eigenvalue weighted by Gasteiger charge is 2.30. The van der Waals surface area contributed by atoms with Crippen LogP contribution in [0.2, 0.25) is 0 Å². The Hall–Kier alpha value is -2.76. The Labute approximate surface area is 151 Å². The number of pyridine rings is 1. The van der Waals surface area contributed by atoms with Crippen LogP contribution in [0.15, 0.2) is 18.2 Å². The van der Waals surface area contributed by atoms with Crippen molar-refractivity contribution in [1.29, 1.82) is 0 Å². The number of aromatic nitrogens is 1. The third-order valence-corrected chi connectivity index (χ3v) is 5.19. The second kappa shape index (κ2) is 6.52. The monoisotopic (exact) mass is 351 g/mol. The molecule has 0 saturated carbocycles. The van der Waals surface area contributed by atoms with E-state index in [4.69, 9.17) is 4.98 Å². The first-order valence-corrected chi connectivity index (χ1v) is 9.09. The van der Waals surface area contributed by atoms with Crippen molar-refractivity contribution in [3.8, 4) is 0 Å².